The molecule has 17 heteroatoms. The molecule has 6 rings (SSSR count). The van der Waals surface area contributed by atoms with E-state index in [9.17, 15) is 35.9 Å². The van der Waals surface area contributed by atoms with Crippen LogP contribution in [0, 0.1) is 0 Å². The van der Waals surface area contributed by atoms with Gasteiger partial charge < -0.3 is 28.9 Å². The molecule has 3 aromatic rings. The number of rotatable bonds is 12. The van der Waals surface area contributed by atoms with Gasteiger partial charge in [0.1, 0.15) is 12.2 Å². The molecule has 2 fully saturated rings. The molecule has 0 unspecified atom stereocenters. The lowest BCUT2D eigenvalue weighted by molar-refractivity contribution is -0.143. The zero-order chi connectivity index (χ0) is 41.2. The van der Waals surface area contributed by atoms with Gasteiger partial charge in [0.05, 0.1) is 40.4 Å². The number of nitrogens with zero attached hydrogens (tertiary/aromatic N) is 3. The predicted octanol–water partition coefficient (Wildman–Crippen LogP) is 8.68. The van der Waals surface area contributed by atoms with Crippen molar-refractivity contribution in [3.05, 3.63) is 104 Å². The number of likely N-dealkylation sites (N-methyl/N-ethyl adjacent to an activating group) is 1. The molecule has 8 nitrogen and oxygen atoms in total. The number of morpholine rings is 1. The first-order valence-corrected chi connectivity index (χ1v) is 19.5. The van der Waals surface area contributed by atoms with Gasteiger partial charge in [-0.15, -0.1) is 12.4 Å². The molecule has 1 aliphatic carbocycles. The maximum absolute atomic E-state index is 13.8. The Balaban J connectivity index is 0.00000641. The summed E-state index contributed by atoms with van der Waals surface area (Å²) >= 11 is 12.7. The summed E-state index contributed by atoms with van der Waals surface area (Å²) < 4.78 is 100. The quantitative estimate of drug-likeness (QED) is 0.134. The van der Waals surface area contributed by atoms with Gasteiger partial charge in [0.2, 0.25) is 5.91 Å². The third-order valence-electron chi connectivity index (χ3n) is 11.6. The molecule has 0 radical (unpaired) electrons. The molecule has 2 saturated heterocycles. The second-order valence-corrected chi connectivity index (χ2v) is 15.9. The third-order valence-corrected chi connectivity index (χ3v) is 12.3. The highest BCUT2D eigenvalue weighted by Crippen LogP contribution is 2.48. The minimum absolute atomic E-state index is 0. The third kappa shape index (κ3) is 10.1. The normalized spacial score (nSPS) is 20.8. The lowest BCUT2D eigenvalue weighted by atomic mass is 9.72. The lowest BCUT2D eigenvalue weighted by Gasteiger charge is -2.46. The van der Waals surface area contributed by atoms with E-state index < -0.39 is 40.6 Å². The predicted molar refractivity (Wildman–Crippen MR) is 210 cm³/mol. The largest absolute Gasteiger partial charge is 0.416 e. The summed E-state index contributed by atoms with van der Waals surface area (Å²) in [5.74, 6) is -1.08. The van der Waals surface area contributed by atoms with E-state index in [0.717, 1.165) is 19.3 Å². The number of carbonyl (C=O) groups excluding carboxylic acids is 2. The molecule has 3 aliphatic rings. The smallest absolute Gasteiger partial charge is 0.385 e. The van der Waals surface area contributed by atoms with Gasteiger partial charge in [-0.2, -0.15) is 26.3 Å². The maximum atomic E-state index is 13.8. The molecule has 2 heterocycles. The first kappa shape index (κ1) is 46.0. The van der Waals surface area contributed by atoms with Crippen molar-refractivity contribution in [2.24, 2.45) is 0 Å². The number of piperidine rings is 1. The van der Waals surface area contributed by atoms with E-state index in [1.165, 1.54) is 16.0 Å². The Morgan fingerprint density at radius 3 is 2.24 bits per heavy atom. The van der Waals surface area contributed by atoms with Crippen LogP contribution in [0.4, 0.5) is 26.3 Å². The first-order chi connectivity index (χ1) is 27.0. The topological polar surface area (TPSA) is 71.5 Å². The Morgan fingerprint density at radius 1 is 0.931 bits per heavy atom. The number of alkyl halides is 6. The van der Waals surface area contributed by atoms with Gasteiger partial charge >= 0.3 is 12.4 Å². The van der Waals surface area contributed by atoms with Crippen LogP contribution in [-0.2, 0) is 48.8 Å². The van der Waals surface area contributed by atoms with E-state index in [0.29, 0.717) is 63.3 Å². The maximum Gasteiger partial charge on any atom is 0.416 e. The fourth-order valence-corrected chi connectivity index (χ4v) is 8.70. The van der Waals surface area contributed by atoms with Crippen LogP contribution in [0.3, 0.4) is 0 Å². The van der Waals surface area contributed by atoms with E-state index >= 15 is 0 Å². The Kier molecular flexibility index (Phi) is 14.8. The summed E-state index contributed by atoms with van der Waals surface area (Å²) in [5.41, 5.74) is -2.41. The van der Waals surface area contributed by atoms with Crippen molar-refractivity contribution >= 4 is 47.4 Å². The van der Waals surface area contributed by atoms with Crippen LogP contribution in [0.5, 0.6) is 0 Å². The Labute approximate surface area is 350 Å². The number of hydrogen-bond acceptors (Lipinski definition) is 6. The van der Waals surface area contributed by atoms with Crippen molar-refractivity contribution in [3.63, 3.8) is 0 Å². The molecule has 2 atom stereocenters. The van der Waals surface area contributed by atoms with Gasteiger partial charge in [-0.05, 0) is 92.2 Å². The minimum atomic E-state index is -5.11. The summed E-state index contributed by atoms with van der Waals surface area (Å²) in [6.07, 6.45) is -7.21. The van der Waals surface area contributed by atoms with E-state index in [-0.39, 0.29) is 72.2 Å². The van der Waals surface area contributed by atoms with Crippen LogP contribution in [0.2, 0.25) is 10.0 Å². The van der Waals surface area contributed by atoms with Crippen molar-refractivity contribution in [2.75, 3.05) is 73.2 Å². The first-order valence-electron chi connectivity index (χ1n) is 18.8. The summed E-state index contributed by atoms with van der Waals surface area (Å²) in [6.45, 7) is 2.66. The molecule has 2 amide bonds. The van der Waals surface area contributed by atoms with Crippen LogP contribution in [0.25, 0.3) is 0 Å². The average Bonchev–Trinajstić information content (AvgIpc) is 3.48. The lowest BCUT2D eigenvalue weighted by Crippen LogP contribution is -2.54. The number of amides is 2. The number of likely N-dealkylation sites (tertiary alicyclic amines) is 1. The van der Waals surface area contributed by atoms with E-state index in [1.807, 2.05) is 12.1 Å². The monoisotopic (exact) mass is 879 g/mol. The van der Waals surface area contributed by atoms with Gasteiger partial charge in [-0.25, -0.2) is 0 Å². The summed E-state index contributed by atoms with van der Waals surface area (Å²) in [7, 11) is 3.37. The molecule has 0 aromatic heterocycles. The van der Waals surface area contributed by atoms with E-state index in [2.05, 4.69) is 17.0 Å². The highest BCUT2D eigenvalue weighted by Gasteiger charge is 2.50. The van der Waals surface area contributed by atoms with Gasteiger partial charge in [0.25, 0.3) is 5.91 Å². The highest BCUT2D eigenvalue weighted by molar-refractivity contribution is 6.42. The van der Waals surface area contributed by atoms with Crippen molar-refractivity contribution in [1.29, 1.82) is 0 Å². The molecule has 3 aromatic carbocycles. The Hall–Kier alpha value is -3.11. The van der Waals surface area contributed by atoms with Crippen LogP contribution < -0.4 is 0 Å². The fourth-order valence-electron chi connectivity index (χ4n) is 8.40. The number of benzene rings is 3. The second-order valence-electron chi connectivity index (χ2n) is 15.1. The average molecular weight is 881 g/mol. The molecule has 2 aliphatic heterocycles. The van der Waals surface area contributed by atoms with Crippen molar-refractivity contribution in [1.82, 2.24) is 14.7 Å². The van der Waals surface area contributed by atoms with Crippen LogP contribution >= 0.6 is 35.6 Å². The zero-order valence-corrected chi connectivity index (χ0v) is 34.4. The van der Waals surface area contributed by atoms with Gasteiger partial charge in [0.15, 0.2) is 0 Å². The van der Waals surface area contributed by atoms with Crippen LogP contribution in [-0.4, -0.2) is 106 Å². The Morgan fingerprint density at radius 2 is 1.60 bits per heavy atom. The van der Waals surface area contributed by atoms with Gasteiger partial charge in [-0.3, -0.25) is 9.59 Å². The number of ether oxygens (including phenoxy) is 3. The van der Waals surface area contributed by atoms with E-state index in [4.69, 9.17) is 37.4 Å². The standard InChI is InChI=1S/C41H45Cl2F6N3O5.ClH/c1-50(13-5-18-55-2)36(53)25-56-35-22-27-6-3-4-7-32(27)38(35)10-14-51(15-11-38)16-12-39(29-8-9-33(42)34(43)24-29)26-52(17-19-57-39)37(54)28-20-30(40(44,45)46)23-31(21-28)41(47,48)49;/h3-4,6-9,20-21,23-24,35H,5,10-19,22,25-26H2,1-2H3;1H/t35-,39-;/m0./s1. The second kappa shape index (κ2) is 18.7. The number of hydrogen-bond donors (Lipinski definition) is 0. The fraction of sp³-hybridized carbons (Fsp3) is 0.512. The van der Waals surface area contributed by atoms with Gasteiger partial charge in [-0.1, -0.05) is 53.5 Å². The number of methoxy groups -OCH3 is 1. The summed E-state index contributed by atoms with van der Waals surface area (Å²) in [5, 5.41) is 0.496. The molecule has 1 spiro atoms. The van der Waals surface area contributed by atoms with Crippen molar-refractivity contribution in [2.45, 2.75) is 61.6 Å². The molecule has 58 heavy (non-hydrogen) atoms. The molecule has 318 valence electrons. The molecule has 0 N–H and O–H groups in total. The van der Waals surface area contributed by atoms with Crippen LogP contribution in [0.15, 0.2) is 60.7 Å². The number of carbonyl (C=O) groups is 2. The minimum Gasteiger partial charge on any atom is -0.385 e. The zero-order valence-electron chi connectivity index (χ0n) is 32.1. The summed E-state index contributed by atoms with van der Waals surface area (Å²) in [6, 6.07) is 14.1. The number of fused-ring (bicyclic) bond motifs is 2. The highest BCUT2D eigenvalue weighted by atomic mass is 35.5. The Bertz CT molecular complexity index is 1890. The summed E-state index contributed by atoms with van der Waals surface area (Å²) in [4.78, 5) is 31.9. The molecule has 0 saturated carbocycles. The number of halogens is 9. The SMILES string of the molecule is COCCCN(C)C(=O)CO[C@H]1Cc2ccccc2C12CCN(CC[C@@]1(c3ccc(Cl)c(Cl)c3)CN(C(=O)c3cc(C(F)(F)F)cc(C(F)(F)F)c3)CCO1)CC2.Cl. The molecular weight excluding hydrogens is 835 g/mol. The van der Waals surface area contributed by atoms with Crippen molar-refractivity contribution < 1.29 is 50.1 Å². The van der Waals surface area contributed by atoms with E-state index in [1.54, 1.807) is 37.3 Å². The molecular formula is C41H46Cl3F6N3O5. The van der Waals surface area contributed by atoms with Crippen molar-refractivity contribution in [3.8, 4) is 0 Å². The molecule has 0 bridgehead atoms. The van der Waals surface area contributed by atoms with Crippen LogP contribution in [0.1, 0.15) is 63.9 Å². The van der Waals surface area contributed by atoms with Gasteiger partial charge in [0, 0.05) is 51.4 Å².